The number of carboxylic acids is 1. The van der Waals surface area contributed by atoms with Crippen LogP contribution in [0.1, 0.15) is 24.6 Å². The van der Waals surface area contributed by atoms with Gasteiger partial charge in [-0.1, -0.05) is 5.16 Å². The van der Waals surface area contributed by atoms with E-state index in [0.29, 0.717) is 31.2 Å². The molecule has 0 aliphatic heterocycles. The second kappa shape index (κ2) is 5.33. The lowest BCUT2D eigenvalue weighted by atomic mass is 10.2. The van der Waals surface area contributed by atoms with Gasteiger partial charge in [-0.25, -0.2) is 0 Å². The van der Waals surface area contributed by atoms with Crippen molar-refractivity contribution in [2.24, 2.45) is 0 Å². The van der Waals surface area contributed by atoms with E-state index in [4.69, 9.17) is 14.4 Å². The minimum atomic E-state index is -0.818. The summed E-state index contributed by atoms with van der Waals surface area (Å²) in [6, 6.07) is 0. The lowest BCUT2D eigenvalue weighted by Crippen LogP contribution is -1.96. The van der Waals surface area contributed by atoms with E-state index in [1.54, 1.807) is 7.11 Å². The van der Waals surface area contributed by atoms with Crippen LogP contribution < -0.4 is 0 Å². The fraction of sp³-hybridized carbons (Fsp3) is 0.625. The summed E-state index contributed by atoms with van der Waals surface area (Å²) in [5, 5.41) is 12.0. The molecule has 14 heavy (non-hydrogen) atoms. The third-order valence-electron chi connectivity index (χ3n) is 1.56. The molecule has 0 spiro atoms. The zero-order valence-electron chi connectivity index (χ0n) is 7.89. The standard InChI is InChI=1S/C8H12N2O4/c1-13-5-6-9-7(14-10-6)3-2-4-8(11)12/h2-5H2,1H3,(H,11,12). The molecule has 0 atom stereocenters. The SMILES string of the molecule is COCc1noc(CCCC(=O)O)n1. The highest BCUT2D eigenvalue weighted by atomic mass is 16.5. The van der Waals surface area contributed by atoms with E-state index in [0.717, 1.165) is 0 Å². The van der Waals surface area contributed by atoms with Crippen LogP contribution in [0.15, 0.2) is 4.52 Å². The van der Waals surface area contributed by atoms with Crippen molar-refractivity contribution in [3.63, 3.8) is 0 Å². The molecule has 0 radical (unpaired) electrons. The van der Waals surface area contributed by atoms with Crippen molar-refractivity contribution in [2.75, 3.05) is 7.11 Å². The largest absolute Gasteiger partial charge is 0.481 e. The molecule has 78 valence electrons. The van der Waals surface area contributed by atoms with E-state index in [1.165, 1.54) is 0 Å². The lowest BCUT2D eigenvalue weighted by Gasteiger charge is -1.90. The Bertz CT molecular complexity index is 297. The molecule has 6 nitrogen and oxygen atoms in total. The molecule has 1 rings (SSSR count). The van der Waals surface area contributed by atoms with Gasteiger partial charge in [0.15, 0.2) is 5.82 Å². The van der Waals surface area contributed by atoms with Crippen LogP contribution in [0.5, 0.6) is 0 Å². The summed E-state index contributed by atoms with van der Waals surface area (Å²) in [5.41, 5.74) is 0. The van der Waals surface area contributed by atoms with Crippen molar-refractivity contribution in [3.05, 3.63) is 11.7 Å². The van der Waals surface area contributed by atoms with Crippen LogP contribution in [-0.2, 0) is 22.6 Å². The Labute approximate surface area is 80.9 Å². The van der Waals surface area contributed by atoms with Gasteiger partial charge in [0.1, 0.15) is 6.61 Å². The van der Waals surface area contributed by atoms with Crippen molar-refractivity contribution in [3.8, 4) is 0 Å². The van der Waals surface area contributed by atoms with E-state index in [-0.39, 0.29) is 6.42 Å². The smallest absolute Gasteiger partial charge is 0.303 e. The summed E-state index contributed by atoms with van der Waals surface area (Å²) < 4.78 is 9.67. The third kappa shape index (κ3) is 3.53. The van der Waals surface area contributed by atoms with Gasteiger partial charge in [-0.2, -0.15) is 4.98 Å². The number of aromatic nitrogens is 2. The first-order valence-electron chi connectivity index (χ1n) is 4.24. The van der Waals surface area contributed by atoms with Crippen LogP contribution >= 0.6 is 0 Å². The number of hydrogen-bond donors (Lipinski definition) is 1. The zero-order chi connectivity index (χ0) is 10.4. The first-order chi connectivity index (χ1) is 6.72. The molecule has 1 aromatic heterocycles. The van der Waals surface area contributed by atoms with E-state index in [1.807, 2.05) is 0 Å². The highest BCUT2D eigenvalue weighted by Gasteiger charge is 2.06. The average Bonchev–Trinajstić information content (AvgIpc) is 2.53. The van der Waals surface area contributed by atoms with Gasteiger partial charge in [-0.3, -0.25) is 4.79 Å². The number of methoxy groups -OCH3 is 1. The van der Waals surface area contributed by atoms with Crippen molar-refractivity contribution >= 4 is 5.97 Å². The molecule has 0 aliphatic carbocycles. The second-order valence-electron chi connectivity index (χ2n) is 2.78. The monoisotopic (exact) mass is 200 g/mol. The molecule has 1 heterocycles. The van der Waals surface area contributed by atoms with Crippen molar-refractivity contribution in [1.82, 2.24) is 10.1 Å². The number of carboxylic acid groups (broad SMARTS) is 1. The Balaban J connectivity index is 2.32. The first kappa shape index (κ1) is 10.6. The summed E-state index contributed by atoms with van der Waals surface area (Å²) in [6.07, 6.45) is 1.11. The molecular weight excluding hydrogens is 188 g/mol. The topological polar surface area (TPSA) is 85.5 Å². The Morgan fingerprint density at radius 2 is 2.43 bits per heavy atom. The summed E-state index contributed by atoms with van der Waals surface area (Å²) >= 11 is 0. The normalized spacial score (nSPS) is 10.4. The van der Waals surface area contributed by atoms with Crippen LogP contribution in [0, 0.1) is 0 Å². The number of rotatable bonds is 6. The van der Waals surface area contributed by atoms with Crippen LogP contribution in [0.4, 0.5) is 0 Å². The summed E-state index contributed by atoms with van der Waals surface area (Å²) in [4.78, 5) is 14.2. The van der Waals surface area contributed by atoms with Gasteiger partial charge in [-0.15, -0.1) is 0 Å². The molecule has 0 aliphatic rings. The number of ether oxygens (including phenoxy) is 1. The molecule has 0 unspecified atom stereocenters. The Morgan fingerprint density at radius 3 is 3.07 bits per heavy atom. The van der Waals surface area contributed by atoms with Gasteiger partial charge in [0.05, 0.1) is 0 Å². The fourth-order valence-electron chi connectivity index (χ4n) is 0.970. The number of carbonyl (C=O) groups is 1. The van der Waals surface area contributed by atoms with E-state index in [2.05, 4.69) is 10.1 Å². The molecule has 0 aromatic carbocycles. The van der Waals surface area contributed by atoms with Crippen molar-refractivity contribution in [1.29, 1.82) is 0 Å². The second-order valence-corrected chi connectivity index (χ2v) is 2.78. The molecule has 6 heteroatoms. The number of nitrogens with zero attached hydrogens (tertiary/aromatic N) is 2. The molecule has 0 bridgehead atoms. The minimum absolute atomic E-state index is 0.113. The predicted octanol–water partition coefficient (Wildman–Crippen LogP) is 0.623. The Morgan fingerprint density at radius 1 is 1.64 bits per heavy atom. The van der Waals surface area contributed by atoms with E-state index < -0.39 is 5.97 Å². The van der Waals surface area contributed by atoms with Gasteiger partial charge in [0.2, 0.25) is 5.89 Å². The molecule has 1 aromatic rings. The highest BCUT2D eigenvalue weighted by Crippen LogP contribution is 2.03. The maximum absolute atomic E-state index is 10.2. The summed E-state index contributed by atoms with van der Waals surface area (Å²) in [5.74, 6) is 0.123. The molecule has 0 amide bonds. The zero-order valence-corrected chi connectivity index (χ0v) is 7.89. The molecule has 0 saturated heterocycles. The number of hydrogen-bond acceptors (Lipinski definition) is 5. The minimum Gasteiger partial charge on any atom is -0.481 e. The van der Waals surface area contributed by atoms with E-state index in [9.17, 15) is 4.79 Å². The van der Waals surface area contributed by atoms with Crippen molar-refractivity contribution in [2.45, 2.75) is 25.9 Å². The van der Waals surface area contributed by atoms with Crippen LogP contribution in [-0.4, -0.2) is 28.3 Å². The molecule has 0 fully saturated rings. The van der Waals surface area contributed by atoms with Gasteiger partial charge >= 0.3 is 5.97 Å². The fourth-order valence-corrected chi connectivity index (χ4v) is 0.970. The average molecular weight is 200 g/mol. The maximum atomic E-state index is 10.2. The van der Waals surface area contributed by atoms with Gasteiger partial charge in [-0.05, 0) is 6.42 Å². The van der Waals surface area contributed by atoms with Crippen LogP contribution in [0.2, 0.25) is 0 Å². The summed E-state index contributed by atoms with van der Waals surface area (Å²) in [6.45, 7) is 0.308. The predicted molar refractivity (Wildman–Crippen MR) is 45.6 cm³/mol. The van der Waals surface area contributed by atoms with Crippen LogP contribution in [0.25, 0.3) is 0 Å². The Hall–Kier alpha value is -1.43. The van der Waals surface area contributed by atoms with Crippen LogP contribution in [0.3, 0.4) is 0 Å². The molecule has 0 saturated carbocycles. The quantitative estimate of drug-likeness (QED) is 0.724. The van der Waals surface area contributed by atoms with Gasteiger partial charge in [0, 0.05) is 20.0 Å². The Kier molecular flexibility index (Phi) is 4.06. The molecule has 1 N–H and O–H groups in total. The number of aliphatic carboxylic acids is 1. The van der Waals surface area contributed by atoms with Gasteiger partial charge < -0.3 is 14.4 Å². The lowest BCUT2D eigenvalue weighted by molar-refractivity contribution is -0.137. The molecular formula is C8H12N2O4. The summed E-state index contributed by atoms with van der Waals surface area (Å²) in [7, 11) is 1.54. The van der Waals surface area contributed by atoms with E-state index >= 15 is 0 Å². The highest BCUT2D eigenvalue weighted by molar-refractivity contribution is 5.66. The number of aryl methyl sites for hydroxylation is 1. The van der Waals surface area contributed by atoms with Crippen molar-refractivity contribution < 1.29 is 19.2 Å². The third-order valence-corrected chi connectivity index (χ3v) is 1.56. The van der Waals surface area contributed by atoms with Gasteiger partial charge in [0.25, 0.3) is 0 Å². The maximum Gasteiger partial charge on any atom is 0.303 e. The first-order valence-corrected chi connectivity index (χ1v) is 4.24.